The maximum Gasteiger partial charge on any atom is 0.215 e. The highest BCUT2D eigenvalue weighted by atomic mass is 16.3. The number of nitrogens with zero attached hydrogens (tertiary/aromatic N) is 1. The lowest BCUT2D eigenvalue weighted by Gasteiger charge is -1.96. The number of benzene rings is 2. The normalized spacial score (nSPS) is 15.0. The molecule has 96 valence electrons. The van der Waals surface area contributed by atoms with E-state index in [1.54, 1.807) is 36.4 Å². The van der Waals surface area contributed by atoms with Gasteiger partial charge in [-0.1, -0.05) is 24.3 Å². The van der Waals surface area contributed by atoms with Gasteiger partial charge in [-0.2, -0.15) is 0 Å². The van der Waals surface area contributed by atoms with Crippen molar-refractivity contribution in [1.82, 2.24) is 4.98 Å². The Morgan fingerprint density at radius 2 is 1.95 bits per heavy atom. The maximum absolute atomic E-state index is 12.5. The van der Waals surface area contributed by atoms with Crippen molar-refractivity contribution in [1.29, 1.82) is 0 Å². The number of rotatable bonds is 1. The van der Waals surface area contributed by atoms with Crippen molar-refractivity contribution < 1.29 is 12.6 Å². The first-order valence-corrected chi connectivity index (χ1v) is 6.11. The topological polar surface area (TPSA) is 65.4 Å². The van der Waals surface area contributed by atoms with Crippen LogP contribution in [0.2, 0.25) is 0 Å². The SMILES string of the molecule is [2H]c1cccc2c1N=C(c1[nH]c3c([2H])cccc3c1O)C2=O. The summed E-state index contributed by atoms with van der Waals surface area (Å²) in [5, 5.41) is 10.8. The molecule has 3 aromatic rings. The number of carbonyl (C=O) groups excluding carboxylic acids is 1. The number of aliphatic imine (C=N–C) groups is 1. The van der Waals surface area contributed by atoms with Gasteiger partial charge in [-0.15, -0.1) is 0 Å². The molecular weight excluding hydrogens is 252 g/mol. The molecule has 0 atom stereocenters. The van der Waals surface area contributed by atoms with Crippen LogP contribution < -0.4 is 0 Å². The average molecular weight is 264 g/mol. The van der Waals surface area contributed by atoms with Gasteiger partial charge >= 0.3 is 0 Å². The van der Waals surface area contributed by atoms with Crippen LogP contribution in [0.4, 0.5) is 5.69 Å². The Morgan fingerprint density at radius 1 is 1.15 bits per heavy atom. The van der Waals surface area contributed by atoms with Crippen molar-refractivity contribution >= 4 is 28.1 Å². The average Bonchev–Trinajstić information content (AvgIpc) is 3.01. The molecule has 0 fully saturated rings. The van der Waals surface area contributed by atoms with E-state index in [-0.39, 0.29) is 35.0 Å². The van der Waals surface area contributed by atoms with Crippen molar-refractivity contribution in [3.63, 3.8) is 0 Å². The molecule has 0 aliphatic carbocycles. The molecule has 20 heavy (non-hydrogen) atoms. The van der Waals surface area contributed by atoms with E-state index in [1.807, 2.05) is 0 Å². The first kappa shape index (κ1) is 9.09. The minimum atomic E-state index is -0.336. The Morgan fingerprint density at radius 3 is 2.75 bits per heavy atom. The van der Waals surface area contributed by atoms with Crippen LogP contribution in [0.3, 0.4) is 0 Å². The fourth-order valence-electron chi connectivity index (χ4n) is 2.39. The summed E-state index contributed by atoms with van der Waals surface area (Å²) in [5.41, 5.74) is 1.38. The predicted molar refractivity (Wildman–Crippen MR) is 76.9 cm³/mol. The van der Waals surface area contributed by atoms with Crippen LogP contribution in [0.15, 0.2) is 53.5 Å². The van der Waals surface area contributed by atoms with Gasteiger partial charge in [0.1, 0.15) is 11.4 Å². The summed E-state index contributed by atoms with van der Waals surface area (Å²) in [6, 6.07) is 10.1. The highest BCUT2D eigenvalue weighted by Crippen LogP contribution is 2.34. The summed E-state index contributed by atoms with van der Waals surface area (Å²) in [7, 11) is 0. The summed E-state index contributed by atoms with van der Waals surface area (Å²) in [6.45, 7) is 0. The third-order valence-corrected chi connectivity index (χ3v) is 3.35. The molecule has 0 spiro atoms. The van der Waals surface area contributed by atoms with Gasteiger partial charge < -0.3 is 10.1 Å². The third kappa shape index (κ3) is 1.36. The number of Topliss-reactive ketones (excluding diaryl/α,β-unsaturated/α-hetero) is 1. The molecule has 0 bridgehead atoms. The lowest BCUT2D eigenvalue weighted by molar-refractivity contribution is 0.107. The number of aromatic hydroxyl groups is 1. The van der Waals surface area contributed by atoms with Crippen LogP contribution in [0, 0.1) is 0 Å². The minimum absolute atomic E-state index is 0.0720. The predicted octanol–water partition coefficient (Wildman–Crippen LogP) is 3.19. The smallest absolute Gasteiger partial charge is 0.215 e. The van der Waals surface area contributed by atoms with E-state index in [4.69, 9.17) is 2.74 Å². The highest BCUT2D eigenvalue weighted by molar-refractivity contribution is 6.55. The zero-order valence-corrected chi connectivity index (χ0v) is 10.3. The molecule has 4 heteroatoms. The lowest BCUT2D eigenvalue weighted by Crippen LogP contribution is -2.11. The number of aromatic nitrogens is 1. The van der Waals surface area contributed by atoms with Gasteiger partial charge in [-0.25, -0.2) is 4.99 Å². The second-order valence-corrected chi connectivity index (χ2v) is 4.53. The van der Waals surface area contributed by atoms with Crippen LogP contribution in [0.5, 0.6) is 5.75 Å². The summed E-state index contributed by atoms with van der Waals surface area (Å²) < 4.78 is 15.7. The molecule has 4 rings (SSSR count). The molecule has 2 N–H and O–H groups in total. The van der Waals surface area contributed by atoms with Gasteiger partial charge in [0.15, 0.2) is 5.75 Å². The van der Waals surface area contributed by atoms with Crippen LogP contribution in [0.25, 0.3) is 10.9 Å². The molecule has 1 aliphatic rings. The van der Waals surface area contributed by atoms with Crippen LogP contribution in [-0.2, 0) is 0 Å². The number of ketones is 1. The Kier molecular flexibility index (Phi) is 1.73. The molecule has 0 radical (unpaired) electrons. The molecule has 4 nitrogen and oxygen atoms in total. The zero-order chi connectivity index (χ0) is 15.4. The van der Waals surface area contributed by atoms with E-state index in [0.717, 1.165) is 0 Å². The van der Waals surface area contributed by atoms with E-state index in [2.05, 4.69) is 9.98 Å². The molecule has 2 aromatic carbocycles. The second-order valence-electron chi connectivity index (χ2n) is 4.53. The number of nitrogens with one attached hydrogen (secondary N) is 1. The van der Waals surface area contributed by atoms with Crippen molar-refractivity contribution in [2.75, 3.05) is 0 Å². The minimum Gasteiger partial charge on any atom is -0.505 e. The summed E-state index contributed by atoms with van der Waals surface area (Å²) in [5.74, 6) is -0.437. The quantitative estimate of drug-likeness (QED) is 0.708. The van der Waals surface area contributed by atoms with Gasteiger partial charge in [0, 0.05) is 16.5 Å². The Labute approximate surface area is 117 Å². The number of fused-ring (bicyclic) bond motifs is 2. The fourth-order valence-corrected chi connectivity index (χ4v) is 2.39. The number of para-hydroxylation sites is 2. The Bertz CT molecular complexity index is 989. The van der Waals surface area contributed by atoms with Crippen LogP contribution in [0.1, 0.15) is 18.8 Å². The monoisotopic (exact) mass is 264 g/mol. The van der Waals surface area contributed by atoms with E-state index in [0.29, 0.717) is 22.2 Å². The first-order chi connectivity index (χ1) is 10.6. The van der Waals surface area contributed by atoms with Crippen molar-refractivity contribution in [3.05, 3.63) is 59.7 Å². The Hall–Kier alpha value is -2.88. The summed E-state index contributed by atoms with van der Waals surface area (Å²) in [6.07, 6.45) is 0. The van der Waals surface area contributed by atoms with E-state index < -0.39 is 0 Å². The summed E-state index contributed by atoms with van der Waals surface area (Å²) in [4.78, 5) is 19.6. The third-order valence-electron chi connectivity index (χ3n) is 3.35. The van der Waals surface area contributed by atoms with Crippen molar-refractivity contribution in [3.8, 4) is 5.75 Å². The van der Waals surface area contributed by atoms with Gasteiger partial charge in [-0.05, 0) is 24.2 Å². The van der Waals surface area contributed by atoms with Crippen molar-refractivity contribution in [2.45, 2.75) is 0 Å². The molecule has 0 saturated heterocycles. The fraction of sp³-hybridized carbons (Fsp3) is 0. The summed E-state index contributed by atoms with van der Waals surface area (Å²) >= 11 is 0. The standard InChI is InChI=1S/C16H10N2O2/c19-15-9-5-1-3-7-11(9)17-13(15)14-16(20)10-6-2-4-8-12(10)18-14/h1-8,17,19H/i7D,8D. The molecule has 0 saturated carbocycles. The number of H-pyrrole nitrogens is 1. The van der Waals surface area contributed by atoms with Crippen LogP contribution in [-0.4, -0.2) is 21.6 Å². The van der Waals surface area contributed by atoms with Gasteiger partial charge in [0.25, 0.3) is 0 Å². The van der Waals surface area contributed by atoms with E-state index in [1.165, 1.54) is 0 Å². The number of carbonyl (C=O) groups is 1. The second kappa shape index (κ2) is 3.81. The largest absolute Gasteiger partial charge is 0.505 e. The van der Waals surface area contributed by atoms with Gasteiger partial charge in [0.2, 0.25) is 5.78 Å². The highest BCUT2D eigenvalue weighted by Gasteiger charge is 2.29. The molecule has 1 aliphatic heterocycles. The van der Waals surface area contributed by atoms with E-state index >= 15 is 0 Å². The molecule has 2 heterocycles. The zero-order valence-electron chi connectivity index (χ0n) is 12.3. The number of aromatic amines is 1. The molecule has 0 amide bonds. The van der Waals surface area contributed by atoms with E-state index in [9.17, 15) is 9.90 Å². The molecule has 1 aromatic heterocycles. The van der Waals surface area contributed by atoms with Gasteiger partial charge in [-0.3, -0.25) is 4.79 Å². The van der Waals surface area contributed by atoms with Gasteiger partial charge in [0.05, 0.1) is 8.43 Å². The molecular formula is C16H10N2O2. The lowest BCUT2D eigenvalue weighted by atomic mass is 10.1. The Balaban J connectivity index is 1.97. The number of hydrogen-bond acceptors (Lipinski definition) is 3. The van der Waals surface area contributed by atoms with Crippen LogP contribution >= 0.6 is 0 Å². The maximum atomic E-state index is 12.5. The first-order valence-electron chi connectivity index (χ1n) is 7.11. The molecule has 0 unspecified atom stereocenters. The number of hydrogen-bond donors (Lipinski definition) is 2. The van der Waals surface area contributed by atoms with Crippen molar-refractivity contribution in [2.24, 2.45) is 4.99 Å².